The van der Waals surface area contributed by atoms with Crippen LogP contribution in [0.5, 0.6) is 0 Å². The lowest BCUT2D eigenvalue weighted by atomic mass is 9.76. The Kier molecular flexibility index (Phi) is 5.03. The summed E-state index contributed by atoms with van der Waals surface area (Å²) in [6, 6.07) is 0. The summed E-state index contributed by atoms with van der Waals surface area (Å²) in [5, 5.41) is 46.4. The number of aliphatic hydroxyl groups is 4. The van der Waals surface area contributed by atoms with E-state index in [0.29, 0.717) is 0 Å². The number of primary amides is 1. The summed E-state index contributed by atoms with van der Waals surface area (Å²) in [5.74, 6) is -3.95. The Morgan fingerprint density at radius 3 is 2.30 bits per heavy atom. The van der Waals surface area contributed by atoms with E-state index < -0.39 is 46.1 Å². The molecule has 1 aromatic heterocycles. The van der Waals surface area contributed by atoms with Crippen LogP contribution in [0.15, 0.2) is 4.79 Å². The number of rotatable bonds is 4. The van der Waals surface area contributed by atoms with Crippen LogP contribution in [0.3, 0.4) is 0 Å². The van der Waals surface area contributed by atoms with Gasteiger partial charge in [-0.15, -0.1) is 0 Å². The first kappa shape index (κ1) is 21.1. The van der Waals surface area contributed by atoms with Crippen LogP contribution in [0, 0.1) is 0 Å². The van der Waals surface area contributed by atoms with Crippen molar-refractivity contribution in [1.29, 1.82) is 0 Å². The van der Waals surface area contributed by atoms with E-state index in [4.69, 9.17) is 5.73 Å². The van der Waals surface area contributed by atoms with Crippen molar-refractivity contribution in [2.45, 2.75) is 69.6 Å². The molecule has 2 rings (SSSR count). The second-order valence-electron chi connectivity index (χ2n) is 8.30. The van der Waals surface area contributed by atoms with Crippen molar-refractivity contribution in [2.75, 3.05) is 10.6 Å². The molecular formula is C16H27N5O6. The van der Waals surface area contributed by atoms with Crippen LogP contribution < -0.4 is 21.9 Å². The highest BCUT2D eigenvalue weighted by Gasteiger charge is 2.54. The van der Waals surface area contributed by atoms with Crippen molar-refractivity contribution < 1.29 is 25.2 Å². The fraction of sp³-hybridized carbons (Fsp3) is 0.688. The molecule has 0 radical (unpaired) electrons. The smallest absolute Gasteiger partial charge is 0.267 e. The van der Waals surface area contributed by atoms with Gasteiger partial charge in [0.2, 0.25) is 5.95 Å². The van der Waals surface area contributed by atoms with E-state index in [-0.39, 0.29) is 24.6 Å². The normalized spacial score (nSPS) is 27.9. The first-order valence-corrected chi connectivity index (χ1v) is 8.45. The van der Waals surface area contributed by atoms with E-state index in [9.17, 15) is 30.0 Å². The van der Waals surface area contributed by atoms with Gasteiger partial charge in [0.05, 0.1) is 6.42 Å². The maximum Gasteiger partial charge on any atom is 0.267 e. The average molecular weight is 385 g/mol. The van der Waals surface area contributed by atoms with Crippen molar-refractivity contribution in [2.24, 2.45) is 5.73 Å². The van der Waals surface area contributed by atoms with Crippen LogP contribution in [0.25, 0.3) is 0 Å². The highest BCUT2D eigenvalue weighted by Crippen LogP contribution is 2.41. The van der Waals surface area contributed by atoms with Crippen molar-refractivity contribution >= 4 is 17.7 Å². The summed E-state index contributed by atoms with van der Waals surface area (Å²) < 4.78 is 0. The first-order chi connectivity index (χ1) is 12.1. The Hall–Kier alpha value is -2.21. The van der Waals surface area contributed by atoms with Gasteiger partial charge in [0.25, 0.3) is 11.5 Å². The summed E-state index contributed by atoms with van der Waals surface area (Å²) in [5.41, 5.74) is -0.330. The molecule has 0 spiro atoms. The van der Waals surface area contributed by atoms with Crippen molar-refractivity contribution in [3.05, 3.63) is 15.9 Å². The minimum absolute atomic E-state index is 0.0330. The number of carbonyl (C=O) groups excluding carboxylic acids is 1. The standard InChI is InChI=1S/C16H27N5O6/c1-13(2,3)21-12-18-10(8(9(17)22)11(23)19-12)20-15(25)6-5-14(4,24)16(26,27)7-15/h24-27H,5-7H2,1-4H3,(H2,17,22)(H3,18,19,20,21,23). The Balaban J connectivity index is 2.45. The summed E-state index contributed by atoms with van der Waals surface area (Å²) in [7, 11) is 0. The molecule has 152 valence electrons. The highest BCUT2D eigenvalue weighted by molar-refractivity contribution is 5.97. The molecule has 1 fully saturated rings. The Labute approximate surface area is 155 Å². The van der Waals surface area contributed by atoms with Gasteiger partial charge in [-0.2, -0.15) is 4.98 Å². The number of H-pyrrole nitrogens is 1. The quantitative estimate of drug-likeness (QED) is 0.294. The van der Waals surface area contributed by atoms with E-state index in [1.54, 1.807) is 0 Å². The van der Waals surface area contributed by atoms with Gasteiger partial charge in [0, 0.05) is 5.54 Å². The number of hydrogen-bond donors (Lipinski definition) is 8. The van der Waals surface area contributed by atoms with Crippen LogP contribution in [-0.2, 0) is 0 Å². The SMILES string of the molecule is CC(C)(C)Nc1nc(NC2(O)CCC(C)(O)C(O)(O)C2)c(C(N)=O)c(=O)[nH]1. The number of hydrogen-bond acceptors (Lipinski definition) is 9. The number of aromatic amines is 1. The van der Waals surface area contributed by atoms with Gasteiger partial charge in [-0.05, 0) is 40.5 Å². The molecule has 27 heavy (non-hydrogen) atoms. The van der Waals surface area contributed by atoms with Gasteiger partial charge in [0.1, 0.15) is 16.9 Å². The van der Waals surface area contributed by atoms with Gasteiger partial charge in [-0.1, -0.05) is 0 Å². The molecule has 1 aliphatic rings. The molecule has 0 bridgehead atoms. The van der Waals surface area contributed by atoms with E-state index in [2.05, 4.69) is 20.6 Å². The molecule has 1 saturated carbocycles. The minimum Gasteiger partial charge on any atom is -0.385 e. The van der Waals surface area contributed by atoms with Crippen LogP contribution in [0.1, 0.15) is 57.3 Å². The number of nitrogens with one attached hydrogen (secondary N) is 3. The molecule has 0 saturated heterocycles. The molecule has 11 heteroatoms. The van der Waals surface area contributed by atoms with Gasteiger partial charge >= 0.3 is 0 Å². The second-order valence-corrected chi connectivity index (χ2v) is 8.30. The fourth-order valence-electron chi connectivity index (χ4n) is 2.87. The Morgan fingerprint density at radius 1 is 1.22 bits per heavy atom. The summed E-state index contributed by atoms with van der Waals surface area (Å²) in [6.45, 7) is 6.71. The molecule has 2 atom stereocenters. The number of anilines is 2. The third-order valence-corrected chi connectivity index (χ3v) is 4.44. The predicted molar refractivity (Wildman–Crippen MR) is 97.0 cm³/mol. The predicted octanol–water partition coefficient (Wildman–Crippen LogP) is -1.20. The molecule has 1 aliphatic carbocycles. The molecule has 1 aromatic rings. The lowest BCUT2D eigenvalue weighted by molar-refractivity contribution is -0.307. The van der Waals surface area contributed by atoms with Crippen molar-refractivity contribution in [1.82, 2.24) is 9.97 Å². The van der Waals surface area contributed by atoms with E-state index >= 15 is 0 Å². The summed E-state index contributed by atoms with van der Waals surface area (Å²) >= 11 is 0. The average Bonchev–Trinajstić information content (AvgIpc) is 2.40. The second kappa shape index (κ2) is 6.44. The van der Waals surface area contributed by atoms with Crippen LogP contribution in [0.2, 0.25) is 0 Å². The first-order valence-electron chi connectivity index (χ1n) is 8.45. The van der Waals surface area contributed by atoms with Crippen molar-refractivity contribution in [3.63, 3.8) is 0 Å². The highest BCUT2D eigenvalue weighted by atomic mass is 16.5. The molecule has 0 aliphatic heterocycles. The number of amides is 1. The zero-order chi connectivity index (χ0) is 20.8. The number of nitrogens with zero attached hydrogens (tertiary/aromatic N) is 1. The zero-order valence-electron chi connectivity index (χ0n) is 15.8. The van der Waals surface area contributed by atoms with E-state index in [1.165, 1.54) is 6.92 Å². The lowest BCUT2D eigenvalue weighted by Crippen LogP contribution is -2.63. The van der Waals surface area contributed by atoms with Gasteiger partial charge < -0.3 is 36.8 Å². The van der Waals surface area contributed by atoms with Gasteiger partial charge in [-0.25, -0.2) is 0 Å². The zero-order valence-corrected chi connectivity index (χ0v) is 15.8. The van der Waals surface area contributed by atoms with E-state index in [1.807, 2.05) is 20.8 Å². The van der Waals surface area contributed by atoms with Crippen LogP contribution >= 0.6 is 0 Å². The molecule has 9 N–H and O–H groups in total. The fourth-order valence-corrected chi connectivity index (χ4v) is 2.87. The van der Waals surface area contributed by atoms with Crippen LogP contribution in [0.4, 0.5) is 11.8 Å². The van der Waals surface area contributed by atoms with E-state index in [0.717, 1.165) is 0 Å². The summed E-state index contributed by atoms with van der Waals surface area (Å²) in [4.78, 5) is 30.5. The number of nitrogens with two attached hydrogens (primary N) is 1. The number of carbonyl (C=O) groups is 1. The van der Waals surface area contributed by atoms with Gasteiger partial charge in [-0.3, -0.25) is 14.6 Å². The molecule has 1 heterocycles. The third-order valence-electron chi connectivity index (χ3n) is 4.44. The van der Waals surface area contributed by atoms with Gasteiger partial charge in [0.15, 0.2) is 11.6 Å². The van der Waals surface area contributed by atoms with Crippen molar-refractivity contribution in [3.8, 4) is 0 Å². The maximum atomic E-state index is 12.3. The monoisotopic (exact) mass is 385 g/mol. The molecule has 11 nitrogen and oxygen atoms in total. The van der Waals surface area contributed by atoms with Crippen LogP contribution in [-0.4, -0.2) is 59.0 Å². The topological polar surface area (TPSA) is 194 Å². The molecule has 0 aromatic carbocycles. The maximum absolute atomic E-state index is 12.3. The molecule has 2 unspecified atom stereocenters. The minimum atomic E-state index is -2.60. The Bertz CT molecular complexity index is 797. The third kappa shape index (κ3) is 4.56. The lowest BCUT2D eigenvalue weighted by Gasteiger charge is -2.47. The Morgan fingerprint density at radius 2 is 1.81 bits per heavy atom. The largest absolute Gasteiger partial charge is 0.385 e. The summed E-state index contributed by atoms with van der Waals surface area (Å²) in [6.07, 6.45) is -0.953. The molecular weight excluding hydrogens is 358 g/mol. The number of aromatic nitrogens is 2. The molecule has 1 amide bonds.